The number of hydrogen-bond acceptors (Lipinski definition) is 3. The Morgan fingerprint density at radius 3 is 2.26 bits per heavy atom. The van der Waals surface area contributed by atoms with Gasteiger partial charge in [-0.15, -0.1) is 0 Å². The van der Waals surface area contributed by atoms with E-state index in [-0.39, 0.29) is 0 Å². The van der Waals surface area contributed by atoms with Crippen molar-refractivity contribution in [2.45, 2.75) is 19.4 Å². The fourth-order valence-corrected chi connectivity index (χ4v) is 3.31. The largest absolute Gasteiger partial charge is 0.369 e. The highest BCUT2D eigenvalue weighted by Gasteiger charge is 2.18. The predicted octanol–water partition coefficient (Wildman–Crippen LogP) is 2.90. The molecule has 2 aromatic rings. The van der Waals surface area contributed by atoms with Gasteiger partial charge in [0.2, 0.25) is 0 Å². The molecule has 3 rings (SSSR count). The van der Waals surface area contributed by atoms with Crippen molar-refractivity contribution in [1.82, 2.24) is 4.90 Å². The summed E-state index contributed by atoms with van der Waals surface area (Å²) in [5, 5.41) is 0. The smallest absolute Gasteiger partial charge is 0.0399 e. The van der Waals surface area contributed by atoms with E-state index in [0.717, 1.165) is 52.1 Å². The third kappa shape index (κ3) is 4.34. The predicted molar refractivity (Wildman–Crippen MR) is 97.7 cm³/mol. The van der Waals surface area contributed by atoms with Crippen LogP contribution in [0.3, 0.4) is 0 Å². The van der Waals surface area contributed by atoms with Crippen LogP contribution in [-0.2, 0) is 13.0 Å². The number of anilines is 1. The topological polar surface area (TPSA) is 32.5 Å². The van der Waals surface area contributed by atoms with E-state index >= 15 is 0 Å². The molecule has 0 aromatic heterocycles. The molecule has 3 nitrogen and oxygen atoms in total. The van der Waals surface area contributed by atoms with Crippen molar-refractivity contribution in [3.63, 3.8) is 0 Å². The van der Waals surface area contributed by atoms with Crippen molar-refractivity contribution in [1.29, 1.82) is 0 Å². The van der Waals surface area contributed by atoms with E-state index < -0.39 is 0 Å². The van der Waals surface area contributed by atoms with Gasteiger partial charge in [0.1, 0.15) is 0 Å². The Bertz CT molecular complexity index is 589. The third-order valence-electron chi connectivity index (χ3n) is 4.60. The van der Waals surface area contributed by atoms with Crippen LogP contribution in [0.5, 0.6) is 0 Å². The number of hydrogen-bond donors (Lipinski definition) is 1. The Balaban J connectivity index is 1.58. The van der Waals surface area contributed by atoms with Crippen molar-refractivity contribution in [3.8, 4) is 0 Å². The zero-order chi connectivity index (χ0) is 15.9. The summed E-state index contributed by atoms with van der Waals surface area (Å²) in [5.74, 6) is 0. The van der Waals surface area contributed by atoms with Crippen LogP contribution in [-0.4, -0.2) is 37.6 Å². The van der Waals surface area contributed by atoms with Gasteiger partial charge in [0.05, 0.1) is 0 Å². The number of aryl methyl sites for hydroxylation is 1. The summed E-state index contributed by atoms with van der Waals surface area (Å²) in [7, 11) is 0. The molecule has 1 fully saturated rings. The van der Waals surface area contributed by atoms with Gasteiger partial charge in [0.25, 0.3) is 0 Å². The Morgan fingerprint density at radius 1 is 0.826 bits per heavy atom. The van der Waals surface area contributed by atoms with Gasteiger partial charge in [0.15, 0.2) is 0 Å². The lowest BCUT2D eigenvalue weighted by Gasteiger charge is -2.37. The van der Waals surface area contributed by atoms with E-state index in [1.54, 1.807) is 0 Å². The second kappa shape index (κ2) is 8.14. The minimum atomic E-state index is 0.763. The third-order valence-corrected chi connectivity index (χ3v) is 4.60. The molecule has 2 N–H and O–H groups in total. The van der Waals surface area contributed by atoms with E-state index in [1.807, 2.05) is 0 Å². The van der Waals surface area contributed by atoms with Gasteiger partial charge >= 0.3 is 0 Å². The highest BCUT2D eigenvalue weighted by atomic mass is 15.3. The van der Waals surface area contributed by atoms with E-state index in [4.69, 9.17) is 5.73 Å². The van der Waals surface area contributed by atoms with E-state index in [0.29, 0.717) is 0 Å². The van der Waals surface area contributed by atoms with E-state index in [1.165, 1.54) is 16.8 Å². The molecule has 0 amide bonds. The molecule has 0 radical (unpaired) electrons. The molecule has 0 bridgehead atoms. The maximum absolute atomic E-state index is 5.68. The number of rotatable bonds is 6. The molecule has 1 heterocycles. The molecule has 23 heavy (non-hydrogen) atoms. The molecule has 0 unspecified atom stereocenters. The second-order valence-corrected chi connectivity index (χ2v) is 6.27. The van der Waals surface area contributed by atoms with Crippen LogP contribution in [0, 0.1) is 0 Å². The lowest BCUT2D eigenvalue weighted by atomic mass is 10.1. The first kappa shape index (κ1) is 16.0. The number of benzene rings is 2. The normalized spacial score (nSPS) is 15.8. The Labute approximate surface area is 139 Å². The fourth-order valence-electron chi connectivity index (χ4n) is 3.31. The summed E-state index contributed by atoms with van der Waals surface area (Å²) >= 11 is 0. The van der Waals surface area contributed by atoms with Crippen molar-refractivity contribution >= 4 is 5.69 Å². The fraction of sp³-hybridized carbons (Fsp3) is 0.400. The van der Waals surface area contributed by atoms with Gasteiger partial charge < -0.3 is 10.6 Å². The van der Waals surface area contributed by atoms with Crippen LogP contribution in [0.2, 0.25) is 0 Å². The summed E-state index contributed by atoms with van der Waals surface area (Å²) in [5.41, 5.74) is 9.93. The molecular weight excluding hydrogens is 282 g/mol. The lowest BCUT2D eigenvalue weighted by Crippen LogP contribution is -2.46. The molecule has 0 aliphatic carbocycles. The van der Waals surface area contributed by atoms with Crippen LogP contribution >= 0.6 is 0 Å². The van der Waals surface area contributed by atoms with Crippen molar-refractivity contribution in [2.75, 3.05) is 37.6 Å². The minimum absolute atomic E-state index is 0.763. The molecule has 0 saturated carbocycles. The standard InChI is InChI=1S/C20H27N3/c21-12-6-10-19-9-4-5-11-20(19)23-15-13-22(14-16-23)17-18-7-2-1-3-8-18/h1-5,7-9,11H,6,10,12-17,21H2. The van der Waals surface area contributed by atoms with Gasteiger partial charge in [-0.1, -0.05) is 48.5 Å². The second-order valence-electron chi connectivity index (χ2n) is 6.27. The van der Waals surface area contributed by atoms with Gasteiger partial charge in [-0.3, -0.25) is 4.90 Å². The first-order chi connectivity index (χ1) is 11.4. The summed E-state index contributed by atoms with van der Waals surface area (Å²) < 4.78 is 0. The molecule has 1 saturated heterocycles. The molecule has 122 valence electrons. The van der Waals surface area contributed by atoms with Crippen LogP contribution in [0.4, 0.5) is 5.69 Å². The van der Waals surface area contributed by atoms with E-state index in [2.05, 4.69) is 64.4 Å². The van der Waals surface area contributed by atoms with E-state index in [9.17, 15) is 0 Å². The van der Waals surface area contributed by atoms with Crippen LogP contribution in [0.1, 0.15) is 17.5 Å². The quantitative estimate of drug-likeness (QED) is 0.890. The van der Waals surface area contributed by atoms with Crippen molar-refractivity contribution in [2.24, 2.45) is 5.73 Å². The highest BCUT2D eigenvalue weighted by Crippen LogP contribution is 2.23. The van der Waals surface area contributed by atoms with Gasteiger partial charge in [0, 0.05) is 38.4 Å². The Hall–Kier alpha value is -1.84. The highest BCUT2D eigenvalue weighted by molar-refractivity contribution is 5.54. The summed E-state index contributed by atoms with van der Waals surface area (Å²) in [6, 6.07) is 19.6. The molecule has 3 heteroatoms. The summed E-state index contributed by atoms with van der Waals surface area (Å²) in [6.07, 6.45) is 2.14. The molecular formula is C20H27N3. The zero-order valence-electron chi connectivity index (χ0n) is 13.8. The van der Waals surface area contributed by atoms with Gasteiger partial charge in [-0.2, -0.15) is 0 Å². The number of para-hydroxylation sites is 1. The minimum Gasteiger partial charge on any atom is -0.369 e. The number of nitrogens with two attached hydrogens (primary N) is 1. The Kier molecular flexibility index (Phi) is 5.67. The average Bonchev–Trinajstić information content (AvgIpc) is 2.62. The Morgan fingerprint density at radius 2 is 1.52 bits per heavy atom. The number of nitrogens with zero attached hydrogens (tertiary/aromatic N) is 2. The van der Waals surface area contributed by atoms with Crippen LogP contribution < -0.4 is 10.6 Å². The maximum Gasteiger partial charge on any atom is 0.0399 e. The number of piperazine rings is 1. The molecule has 1 aliphatic heterocycles. The van der Waals surface area contributed by atoms with Crippen LogP contribution in [0.15, 0.2) is 54.6 Å². The first-order valence-electron chi connectivity index (χ1n) is 8.66. The maximum atomic E-state index is 5.68. The molecule has 0 spiro atoms. The molecule has 0 atom stereocenters. The molecule has 2 aromatic carbocycles. The summed E-state index contributed by atoms with van der Waals surface area (Å²) in [4.78, 5) is 5.08. The summed E-state index contributed by atoms with van der Waals surface area (Å²) in [6.45, 7) is 6.28. The zero-order valence-corrected chi connectivity index (χ0v) is 13.8. The molecule has 1 aliphatic rings. The van der Waals surface area contributed by atoms with Crippen LogP contribution in [0.25, 0.3) is 0 Å². The average molecular weight is 309 g/mol. The van der Waals surface area contributed by atoms with Crippen molar-refractivity contribution < 1.29 is 0 Å². The van der Waals surface area contributed by atoms with Crippen molar-refractivity contribution in [3.05, 3.63) is 65.7 Å². The van der Waals surface area contributed by atoms with Gasteiger partial charge in [-0.05, 0) is 36.6 Å². The lowest BCUT2D eigenvalue weighted by molar-refractivity contribution is 0.250. The monoisotopic (exact) mass is 309 g/mol. The van der Waals surface area contributed by atoms with Gasteiger partial charge in [-0.25, -0.2) is 0 Å². The SMILES string of the molecule is NCCCc1ccccc1N1CCN(Cc2ccccc2)CC1. The first-order valence-corrected chi connectivity index (χ1v) is 8.66.